The van der Waals surface area contributed by atoms with Crippen molar-refractivity contribution < 1.29 is 4.79 Å². The van der Waals surface area contributed by atoms with Crippen LogP contribution in [0.25, 0.3) is 0 Å². The molecule has 3 rings (SSSR count). The molecule has 2 aliphatic carbocycles. The second kappa shape index (κ2) is 2.13. The standard InChI is InChI=1S/C11H11NO/c13-10-7-11(12-10)8-3-1-2-4-9(11)6-5-8/h1-6,8-9H,7H2,(H,12,13)/t8-,9+,11?. The Balaban J connectivity index is 2.03. The molecule has 1 unspecified atom stereocenters. The van der Waals surface area contributed by atoms with Gasteiger partial charge in [-0.2, -0.15) is 0 Å². The van der Waals surface area contributed by atoms with E-state index in [0.717, 1.165) is 0 Å². The number of hydrogen-bond acceptors (Lipinski definition) is 1. The van der Waals surface area contributed by atoms with Crippen molar-refractivity contribution in [1.29, 1.82) is 0 Å². The molecule has 1 N–H and O–H groups in total. The maximum Gasteiger partial charge on any atom is 0.222 e. The third-order valence-corrected chi connectivity index (χ3v) is 3.29. The quantitative estimate of drug-likeness (QED) is 0.432. The number of nitrogens with one attached hydrogen (secondary N) is 1. The number of carbonyl (C=O) groups excluding carboxylic acids is 1. The zero-order valence-corrected chi connectivity index (χ0v) is 7.23. The molecule has 66 valence electrons. The Morgan fingerprint density at radius 2 is 1.69 bits per heavy atom. The molecule has 2 nitrogen and oxygen atoms in total. The van der Waals surface area contributed by atoms with Crippen LogP contribution in [0.4, 0.5) is 0 Å². The van der Waals surface area contributed by atoms with Crippen molar-refractivity contribution in [3.63, 3.8) is 0 Å². The monoisotopic (exact) mass is 173 g/mol. The van der Waals surface area contributed by atoms with Crippen LogP contribution in [-0.2, 0) is 4.79 Å². The molecule has 1 amide bonds. The van der Waals surface area contributed by atoms with Gasteiger partial charge in [-0.05, 0) is 0 Å². The van der Waals surface area contributed by atoms with Crippen molar-refractivity contribution in [2.24, 2.45) is 11.8 Å². The van der Waals surface area contributed by atoms with E-state index in [0.29, 0.717) is 18.3 Å². The van der Waals surface area contributed by atoms with Crippen LogP contribution in [0.1, 0.15) is 6.42 Å². The van der Waals surface area contributed by atoms with E-state index in [1.165, 1.54) is 0 Å². The van der Waals surface area contributed by atoms with Crippen molar-refractivity contribution in [2.75, 3.05) is 0 Å². The van der Waals surface area contributed by atoms with Gasteiger partial charge in [-0.1, -0.05) is 36.5 Å². The maximum atomic E-state index is 11.0. The first-order valence-electron chi connectivity index (χ1n) is 4.66. The summed E-state index contributed by atoms with van der Waals surface area (Å²) in [6, 6.07) is 0. The number of amides is 1. The highest BCUT2D eigenvalue weighted by molar-refractivity contribution is 5.86. The van der Waals surface area contributed by atoms with Crippen LogP contribution < -0.4 is 5.32 Å². The van der Waals surface area contributed by atoms with E-state index in [1.54, 1.807) is 0 Å². The predicted octanol–water partition coefficient (Wildman–Crippen LogP) is 1.17. The van der Waals surface area contributed by atoms with E-state index in [-0.39, 0.29) is 11.4 Å². The molecule has 0 radical (unpaired) electrons. The molecule has 3 atom stereocenters. The molecule has 1 saturated heterocycles. The fourth-order valence-corrected chi connectivity index (χ4v) is 2.55. The first kappa shape index (κ1) is 7.13. The van der Waals surface area contributed by atoms with Gasteiger partial charge in [0.05, 0.1) is 12.0 Å². The largest absolute Gasteiger partial charge is 0.348 e. The highest BCUT2D eigenvalue weighted by Crippen LogP contribution is 2.44. The van der Waals surface area contributed by atoms with Gasteiger partial charge < -0.3 is 5.32 Å². The summed E-state index contributed by atoms with van der Waals surface area (Å²) in [5.41, 5.74) is 0.000579. The maximum absolute atomic E-state index is 11.0. The van der Waals surface area contributed by atoms with Crippen molar-refractivity contribution in [3.05, 3.63) is 36.5 Å². The van der Waals surface area contributed by atoms with Gasteiger partial charge in [0.15, 0.2) is 0 Å². The van der Waals surface area contributed by atoms with Gasteiger partial charge in [-0.3, -0.25) is 4.79 Å². The van der Waals surface area contributed by atoms with E-state index >= 15 is 0 Å². The molecule has 0 saturated carbocycles. The molecular formula is C11H11NO. The highest BCUT2D eigenvalue weighted by atomic mass is 16.2. The minimum atomic E-state index is 0.000579. The van der Waals surface area contributed by atoms with Crippen LogP contribution >= 0.6 is 0 Å². The Bertz CT molecular complexity index is 319. The predicted molar refractivity (Wildman–Crippen MR) is 49.9 cm³/mol. The summed E-state index contributed by atoms with van der Waals surface area (Å²) >= 11 is 0. The van der Waals surface area contributed by atoms with E-state index in [2.05, 4.69) is 41.8 Å². The number of hydrogen-bond donors (Lipinski definition) is 1. The lowest BCUT2D eigenvalue weighted by Gasteiger charge is -2.46. The lowest BCUT2D eigenvalue weighted by molar-refractivity contribution is -0.134. The van der Waals surface area contributed by atoms with Crippen LogP contribution in [-0.4, -0.2) is 11.4 Å². The summed E-state index contributed by atoms with van der Waals surface area (Å²) in [6.07, 6.45) is 13.5. The molecular weight excluding hydrogens is 162 g/mol. The second-order valence-electron chi connectivity index (χ2n) is 3.97. The molecule has 0 aromatic carbocycles. The Kier molecular flexibility index (Phi) is 1.17. The first-order valence-corrected chi connectivity index (χ1v) is 4.66. The molecule has 0 aromatic heterocycles. The van der Waals surface area contributed by atoms with E-state index in [1.807, 2.05) is 0 Å². The van der Waals surface area contributed by atoms with Crippen LogP contribution in [0.15, 0.2) is 36.5 Å². The second-order valence-corrected chi connectivity index (χ2v) is 3.97. The Morgan fingerprint density at radius 1 is 1.15 bits per heavy atom. The zero-order chi connectivity index (χ0) is 8.89. The Hall–Kier alpha value is -1.31. The van der Waals surface area contributed by atoms with Crippen molar-refractivity contribution in [2.45, 2.75) is 12.0 Å². The molecule has 3 aliphatic rings. The molecule has 2 heteroatoms. The third kappa shape index (κ3) is 0.755. The lowest BCUT2D eigenvalue weighted by atomic mass is 9.72. The van der Waals surface area contributed by atoms with E-state index in [4.69, 9.17) is 0 Å². The summed E-state index contributed by atoms with van der Waals surface area (Å²) in [4.78, 5) is 11.0. The Labute approximate surface area is 77.0 Å². The van der Waals surface area contributed by atoms with Gasteiger partial charge in [0, 0.05) is 11.8 Å². The van der Waals surface area contributed by atoms with E-state index in [9.17, 15) is 4.79 Å². The van der Waals surface area contributed by atoms with Gasteiger partial charge in [-0.25, -0.2) is 0 Å². The first-order chi connectivity index (χ1) is 6.31. The summed E-state index contributed by atoms with van der Waals surface area (Å²) in [5, 5.41) is 3.06. The van der Waals surface area contributed by atoms with Gasteiger partial charge in [-0.15, -0.1) is 0 Å². The van der Waals surface area contributed by atoms with Crippen molar-refractivity contribution in [1.82, 2.24) is 5.32 Å². The van der Waals surface area contributed by atoms with Crippen LogP contribution in [0, 0.1) is 11.8 Å². The number of β-lactam (4-membered cyclic amide) rings is 1. The summed E-state index contributed by atoms with van der Waals surface area (Å²) in [7, 11) is 0. The molecule has 1 spiro atoms. The minimum absolute atomic E-state index is 0.000579. The topological polar surface area (TPSA) is 29.1 Å². The Morgan fingerprint density at radius 3 is 2.15 bits per heavy atom. The highest BCUT2D eigenvalue weighted by Gasteiger charge is 2.53. The molecule has 13 heavy (non-hydrogen) atoms. The van der Waals surface area contributed by atoms with E-state index < -0.39 is 0 Å². The average Bonchev–Trinajstić information content (AvgIpc) is 2.21. The average molecular weight is 173 g/mol. The molecule has 1 fully saturated rings. The SMILES string of the molecule is O=C1CC2(N1)[C@@H]1C=CC=C[C@H]2C=C1. The van der Waals surface area contributed by atoms with Crippen LogP contribution in [0.3, 0.4) is 0 Å². The number of allylic oxidation sites excluding steroid dienone is 2. The van der Waals surface area contributed by atoms with Crippen molar-refractivity contribution in [3.8, 4) is 0 Å². The fraction of sp³-hybridized carbons (Fsp3) is 0.364. The third-order valence-electron chi connectivity index (χ3n) is 3.29. The summed E-state index contributed by atoms with van der Waals surface area (Å²) < 4.78 is 0. The smallest absolute Gasteiger partial charge is 0.222 e. The van der Waals surface area contributed by atoms with Gasteiger partial charge in [0.2, 0.25) is 5.91 Å². The molecule has 0 aromatic rings. The van der Waals surface area contributed by atoms with Gasteiger partial charge in [0.1, 0.15) is 0 Å². The zero-order valence-electron chi connectivity index (χ0n) is 7.23. The molecule has 2 bridgehead atoms. The van der Waals surface area contributed by atoms with Crippen LogP contribution in [0.2, 0.25) is 0 Å². The fourth-order valence-electron chi connectivity index (χ4n) is 2.55. The number of rotatable bonds is 0. The minimum Gasteiger partial charge on any atom is -0.348 e. The normalized spacial score (nSPS) is 44.8. The number of carbonyl (C=O) groups is 1. The lowest BCUT2D eigenvalue weighted by Crippen LogP contribution is -2.65. The van der Waals surface area contributed by atoms with Gasteiger partial charge in [0.25, 0.3) is 0 Å². The van der Waals surface area contributed by atoms with Crippen LogP contribution in [0.5, 0.6) is 0 Å². The van der Waals surface area contributed by atoms with Gasteiger partial charge >= 0.3 is 0 Å². The molecule has 1 heterocycles. The summed E-state index contributed by atoms with van der Waals surface area (Å²) in [6.45, 7) is 0. The molecule has 1 aliphatic heterocycles. The van der Waals surface area contributed by atoms with Crippen molar-refractivity contribution >= 4 is 5.91 Å². The summed E-state index contributed by atoms with van der Waals surface area (Å²) in [5.74, 6) is 0.970.